The summed E-state index contributed by atoms with van der Waals surface area (Å²) in [4.78, 5) is 17.8. The van der Waals surface area contributed by atoms with E-state index in [1.807, 2.05) is 13.0 Å². The predicted molar refractivity (Wildman–Crippen MR) is 130 cm³/mol. The van der Waals surface area contributed by atoms with Crippen molar-refractivity contribution in [1.29, 1.82) is 0 Å². The number of rotatable bonds is 7. The van der Waals surface area contributed by atoms with Crippen LogP contribution in [0.15, 0.2) is 76.0 Å². The Labute approximate surface area is 200 Å². The summed E-state index contributed by atoms with van der Waals surface area (Å²) in [6, 6.07) is 19.7. The van der Waals surface area contributed by atoms with Crippen molar-refractivity contribution in [2.75, 3.05) is 20.8 Å². The Bertz CT molecular complexity index is 1530. The topological polar surface area (TPSA) is 102 Å². The molecule has 5 rings (SSSR count). The third-order valence-corrected chi connectivity index (χ3v) is 5.44. The quantitative estimate of drug-likeness (QED) is 0.342. The second kappa shape index (κ2) is 9.30. The van der Waals surface area contributed by atoms with Crippen molar-refractivity contribution >= 4 is 10.8 Å². The minimum Gasteiger partial charge on any atom is -0.497 e. The molecule has 0 spiro atoms. The molecule has 0 N–H and O–H groups in total. The van der Waals surface area contributed by atoms with Crippen molar-refractivity contribution in [2.24, 2.45) is 0 Å². The molecule has 5 aromatic rings. The minimum atomic E-state index is -0.259. The molecule has 0 amide bonds. The van der Waals surface area contributed by atoms with Gasteiger partial charge < -0.3 is 18.7 Å². The summed E-state index contributed by atoms with van der Waals surface area (Å²) in [7, 11) is 3.14. The second-order valence-corrected chi connectivity index (χ2v) is 7.56. The van der Waals surface area contributed by atoms with Crippen LogP contribution in [0.3, 0.4) is 0 Å². The Morgan fingerprint density at radius 3 is 2.23 bits per heavy atom. The molecule has 0 aliphatic heterocycles. The van der Waals surface area contributed by atoms with Gasteiger partial charge in [-0.25, -0.2) is 0 Å². The van der Waals surface area contributed by atoms with Gasteiger partial charge in [-0.15, -0.1) is 0 Å². The van der Waals surface area contributed by atoms with Gasteiger partial charge in [0.05, 0.1) is 31.9 Å². The average Bonchev–Trinajstić information content (AvgIpc) is 3.40. The van der Waals surface area contributed by atoms with E-state index in [9.17, 15) is 4.79 Å². The smallest absolute Gasteiger partial charge is 0.279 e. The van der Waals surface area contributed by atoms with Crippen LogP contribution in [-0.4, -0.2) is 40.7 Å². The summed E-state index contributed by atoms with van der Waals surface area (Å²) in [5.74, 6) is 2.41. The van der Waals surface area contributed by atoms with Crippen LogP contribution >= 0.6 is 0 Å². The molecule has 0 aliphatic rings. The van der Waals surface area contributed by atoms with E-state index in [1.54, 1.807) is 74.9 Å². The zero-order valence-corrected chi connectivity index (χ0v) is 19.4. The van der Waals surface area contributed by atoms with Crippen molar-refractivity contribution in [3.8, 4) is 45.9 Å². The van der Waals surface area contributed by atoms with Crippen molar-refractivity contribution in [3.05, 3.63) is 77.1 Å². The van der Waals surface area contributed by atoms with Crippen molar-refractivity contribution in [3.63, 3.8) is 0 Å². The van der Waals surface area contributed by atoms with E-state index in [-0.39, 0.29) is 11.4 Å². The summed E-state index contributed by atoms with van der Waals surface area (Å²) in [6.07, 6.45) is 0. The van der Waals surface area contributed by atoms with Crippen molar-refractivity contribution in [1.82, 2.24) is 19.9 Å². The zero-order chi connectivity index (χ0) is 24.4. The number of fused-ring (bicyclic) bond motifs is 1. The molecule has 35 heavy (non-hydrogen) atoms. The van der Waals surface area contributed by atoms with Crippen LogP contribution in [0.2, 0.25) is 0 Å². The van der Waals surface area contributed by atoms with E-state index in [1.165, 1.54) is 4.68 Å². The van der Waals surface area contributed by atoms with Crippen LogP contribution in [0.1, 0.15) is 6.92 Å². The summed E-state index contributed by atoms with van der Waals surface area (Å²) in [5.41, 5.74) is 1.37. The van der Waals surface area contributed by atoms with Gasteiger partial charge in [0.15, 0.2) is 5.69 Å². The minimum absolute atomic E-state index is 0.178. The third kappa shape index (κ3) is 4.19. The molecule has 0 saturated carbocycles. The number of nitrogens with zero attached hydrogens (tertiary/aromatic N) is 4. The van der Waals surface area contributed by atoms with E-state index in [4.69, 9.17) is 18.7 Å². The number of benzene rings is 3. The molecule has 9 heteroatoms. The van der Waals surface area contributed by atoms with Gasteiger partial charge in [-0.3, -0.25) is 4.79 Å². The molecule has 0 saturated heterocycles. The molecule has 0 bridgehead atoms. The van der Waals surface area contributed by atoms with Gasteiger partial charge in [-0.2, -0.15) is 14.8 Å². The first-order valence-electron chi connectivity index (χ1n) is 10.9. The Balaban J connectivity index is 1.64. The molecule has 3 aromatic carbocycles. The number of aromatic nitrogens is 4. The molecular formula is C26H22N4O5. The summed E-state index contributed by atoms with van der Waals surface area (Å²) in [5, 5.41) is 9.84. The molecule has 0 unspecified atom stereocenters. The maximum atomic E-state index is 13.3. The Hall–Kier alpha value is -4.66. The third-order valence-electron chi connectivity index (χ3n) is 5.44. The highest BCUT2D eigenvalue weighted by atomic mass is 16.5. The largest absolute Gasteiger partial charge is 0.497 e. The van der Waals surface area contributed by atoms with Crippen molar-refractivity contribution in [2.45, 2.75) is 6.92 Å². The lowest BCUT2D eigenvalue weighted by Crippen LogP contribution is -2.22. The maximum absolute atomic E-state index is 13.3. The fourth-order valence-corrected chi connectivity index (χ4v) is 3.75. The molecule has 2 heterocycles. The first kappa shape index (κ1) is 22.1. The fraction of sp³-hybridized carbons (Fsp3) is 0.154. The van der Waals surface area contributed by atoms with Gasteiger partial charge in [-0.05, 0) is 49.4 Å². The van der Waals surface area contributed by atoms with Gasteiger partial charge in [0.25, 0.3) is 11.4 Å². The lowest BCUT2D eigenvalue weighted by molar-refractivity contribution is 0.340. The first-order valence-corrected chi connectivity index (χ1v) is 10.9. The Morgan fingerprint density at radius 1 is 0.886 bits per heavy atom. The number of hydrogen-bond acceptors (Lipinski definition) is 8. The number of methoxy groups -OCH3 is 2. The van der Waals surface area contributed by atoms with Crippen LogP contribution < -0.4 is 19.8 Å². The monoisotopic (exact) mass is 470 g/mol. The Kier molecular flexibility index (Phi) is 5.88. The van der Waals surface area contributed by atoms with Gasteiger partial charge in [0, 0.05) is 17.0 Å². The van der Waals surface area contributed by atoms with Gasteiger partial charge in [0.1, 0.15) is 17.2 Å². The van der Waals surface area contributed by atoms with E-state index in [0.29, 0.717) is 57.4 Å². The van der Waals surface area contributed by atoms with Gasteiger partial charge >= 0.3 is 0 Å². The molecule has 0 radical (unpaired) electrons. The van der Waals surface area contributed by atoms with E-state index in [0.717, 1.165) is 0 Å². The summed E-state index contributed by atoms with van der Waals surface area (Å²) >= 11 is 0. The molecular weight excluding hydrogens is 448 g/mol. The molecule has 176 valence electrons. The molecule has 2 aromatic heterocycles. The fourth-order valence-electron chi connectivity index (χ4n) is 3.75. The van der Waals surface area contributed by atoms with E-state index >= 15 is 0 Å². The Morgan fingerprint density at radius 2 is 1.57 bits per heavy atom. The van der Waals surface area contributed by atoms with Gasteiger partial charge in [0.2, 0.25) is 5.82 Å². The van der Waals surface area contributed by atoms with Crippen molar-refractivity contribution < 1.29 is 18.7 Å². The first-order chi connectivity index (χ1) is 17.1. The number of hydrogen-bond donors (Lipinski definition) is 0. The molecule has 9 nitrogen and oxygen atoms in total. The lowest BCUT2D eigenvalue weighted by Gasteiger charge is -2.10. The van der Waals surface area contributed by atoms with Crippen LogP contribution in [0.4, 0.5) is 0 Å². The van der Waals surface area contributed by atoms with E-state index in [2.05, 4.69) is 15.2 Å². The standard InChI is InChI=1S/C26H22N4O5/c1-4-34-18-11-9-17(10-12-18)30-26(31)22-8-6-5-7-21(22)23(28-30)25-27-24(29-35-25)16-13-19(32-2)15-20(14-16)33-3/h5-15H,4H2,1-3H3. The van der Waals surface area contributed by atoms with Crippen LogP contribution in [0.25, 0.3) is 39.4 Å². The normalized spacial score (nSPS) is 10.9. The van der Waals surface area contributed by atoms with Crippen LogP contribution in [0.5, 0.6) is 17.2 Å². The van der Waals surface area contributed by atoms with Gasteiger partial charge in [-0.1, -0.05) is 23.4 Å². The summed E-state index contributed by atoms with van der Waals surface area (Å²) < 4.78 is 23.1. The summed E-state index contributed by atoms with van der Waals surface area (Å²) in [6.45, 7) is 2.46. The maximum Gasteiger partial charge on any atom is 0.279 e. The highest BCUT2D eigenvalue weighted by Gasteiger charge is 2.19. The van der Waals surface area contributed by atoms with E-state index < -0.39 is 0 Å². The average molecular weight is 470 g/mol. The zero-order valence-electron chi connectivity index (χ0n) is 19.4. The molecule has 0 aliphatic carbocycles. The highest BCUT2D eigenvalue weighted by molar-refractivity contribution is 5.92. The lowest BCUT2D eigenvalue weighted by atomic mass is 10.1. The molecule has 0 atom stereocenters. The SMILES string of the molecule is CCOc1ccc(-n2nc(-c3nc(-c4cc(OC)cc(OC)c4)no3)c3ccccc3c2=O)cc1. The van der Waals surface area contributed by atoms with Crippen LogP contribution in [-0.2, 0) is 0 Å². The number of ether oxygens (including phenoxy) is 3. The second-order valence-electron chi connectivity index (χ2n) is 7.56. The highest BCUT2D eigenvalue weighted by Crippen LogP contribution is 2.31. The predicted octanol–water partition coefficient (Wildman–Crippen LogP) is 4.52. The molecule has 0 fully saturated rings. The van der Waals surface area contributed by atoms with Crippen LogP contribution in [0, 0.1) is 0 Å².